The Balaban J connectivity index is 2.43. The van der Waals surface area contributed by atoms with Crippen LogP contribution in [-0.2, 0) is 5.67 Å². The number of alkyl halides is 1. The second kappa shape index (κ2) is 3.20. The summed E-state index contributed by atoms with van der Waals surface area (Å²) in [7, 11) is 1.45. The van der Waals surface area contributed by atoms with Crippen molar-refractivity contribution in [2.75, 3.05) is 20.2 Å². The molecule has 1 aromatic rings. The standard InChI is InChI=1S/C10H11F2NO/c1-14-9-3-2-7(11)4-8(9)10(12)5-13-6-10/h2-4,13H,5-6H2,1H3. The minimum atomic E-state index is -1.48. The summed E-state index contributed by atoms with van der Waals surface area (Å²) in [6, 6.07) is 3.90. The summed E-state index contributed by atoms with van der Waals surface area (Å²) in [5.41, 5.74) is -1.19. The number of hydrogen-bond donors (Lipinski definition) is 1. The molecule has 0 saturated carbocycles. The number of ether oxygens (including phenoxy) is 1. The molecule has 0 atom stereocenters. The molecule has 4 heteroatoms. The second-order valence-corrected chi connectivity index (χ2v) is 3.41. The zero-order valence-corrected chi connectivity index (χ0v) is 7.81. The lowest BCUT2D eigenvalue weighted by Gasteiger charge is -2.36. The molecular weight excluding hydrogens is 188 g/mol. The zero-order chi connectivity index (χ0) is 10.2. The Morgan fingerprint density at radius 1 is 1.43 bits per heavy atom. The van der Waals surface area contributed by atoms with Gasteiger partial charge >= 0.3 is 0 Å². The van der Waals surface area contributed by atoms with Crippen molar-refractivity contribution in [3.63, 3.8) is 0 Å². The van der Waals surface area contributed by atoms with Crippen molar-refractivity contribution in [3.05, 3.63) is 29.6 Å². The average Bonchev–Trinajstić information content (AvgIpc) is 2.14. The lowest BCUT2D eigenvalue weighted by atomic mass is 9.89. The van der Waals surface area contributed by atoms with Crippen molar-refractivity contribution in [1.29, 1.82) is 0 Å². The molecule has 76 valence electrons. The molecule has 2 rings (SSSR count). The van der Waals surface area contributed by atoms with Gasteiger partial charge in [0.2, 0.25) is 0 Å². The molecular formula is C10H11F2NO. The molecule has 1 heterocycles. The second-order valence-electron chi connectivity index (χ2n) is 3.41. The molecule has 0 bridgehead atoms. The number of benzene rings is 1. The topological polar surface area (TPSA) is 21.3 Å². The van der Waals surface area contributed by atoms with Gasteiger partial charge in [-0.3, -0.25) is 0 Å². The van der Waals surface area contributed by atoms with Crippen LogP contribution in [-0.4, -0.2) is 20.2 Å². The van der Waals surface area contributed by atoms with Crippen molar-refractivity contribution in [2.24, 2.45) is 0 Å². The van der Waals surface area contributed by atoms with Gasteiger partial charge in [0.1, 0.15) is 11.6 Å². The molecule has 0 amide bonds. The van der Waals surface area contributed by atoms with E-state index in [1.165, 1.54) is 25.3 Å². The fourth-order valence-electron chi connectivity index (χ4n) is 1.57. The van der Waals surface area contributed by atoms with Crippen LogP contribution in [0.4, 0.5) is 8.78 Å². The highest BCUT2D eigenvalue weighted by atomic mass is 19.1. The molecule has 1 saturated heterocycles. The van der Waals surface area contributed by atoms with Crippen LogP contribution in [0.1, 0.15) is 5.56 Å². The monoisotopic (exact) mass is 199 g/mol. The quantitative estimate of drug-likeness (QED) is 0.781. The molecule has 1 aliphatic rings. The molecule has 0 radical (unpaired) electrons. The number of hydrogen-bond acceptors (Lipinski definition) is 2. The summed E-state index contributed by atoms with van der Waals surface area (Å²) >= 11 is 0. The maximum absolute atomic E-state index is 14.0. The Morgan fingerprint density at radius 3 is 2.64 bits per heavy atom. The van der Waals surface area contributed by atoms with Gasteiger partial charge in [0, 0.05) is 18.7 Å². The molecule has 2 nitrogen and oxygen atoms in total. The van der Waals surface area contributed by atoms with Crippen molar-refractivity contribution in [1.82, 2.24) is 5.32 Å². The van der Waals surface area contributed by atoms with Crippen LogP contribution in [0.2, 0.25) is 0 Å². The predicted octanol–water partition coefficient (Wildman–Crippen LogP) is 1.60. The highest BCUT2D eigenvalue weighted by molar-refractivity contribution is 5.40. The van der Waals surface area contributed by atoms with Gasteiger partial charge in [0.05, 0.1) is 7.11 Å². The van der Waals surface area contributed by atoms with Crippen molar-refractivity contribution in [3.8, 4) is 5.75 Å². The largest absolute Gasteiger partial charge is 0.496 e. The minimum Gasteiger partial charge on any atom is -0.496 e. The third kappa shape index (κ3) is 1.35. The number of nitrogens with one attached hydrogen (secondary N) is 1. The van der Waals surface area contributed by atoms with Crippen molar-refractivity contribution in [2.45, 2.75) is 5.67 Å². The van der Waals surface area contributed by atoms with E-state index in [1.807, 2.05) is 0 Å². The smallest absolute Gasteiger partial charge is 0.164 e. The van der Waals surface area contributed by atoms with Gasteiger partial charge in [-0.25, -0.2) is 8.78 Å². The van der Waals surface area contributed by atoms with Crippen LogP contribution in [0.3, 0.4) is 0 Å². The van der Waals surface area contributed by atoms with E-state index >= 15 is 0 Å². The fourth-order valence-corrected chi connectivity index (χ4v) is 1.57. The summed E-state index contributed by atoms with van der Waals surface area (Å²) in [5.74, 6) is -0.0416. The maximum atomic E-state index is 14.0. The highest BCUT2D eigenvalue weighted by Gasteiger charge is 2.41. The molecule has 0 aromatic heterocycles. The summed E-state index contributed by atoms with van der Waals surface area (Å²) in [5, 5.41) is 2.82. The fraction of sp³-hybridized carbons (Fsp3) is 0.400. The van der Waals surface area contributed by atoms with E-state index in [0.29, 0.717) is 11.3 Å². The molecule has 1 N–H and O–H groups in total. The first-order valence-electron chi connectivity index (χ1n) is 4.39. The Bertz CT molecular complexity index is 350. The Kier molecular flexibility index (Phi) is 2.15. The lowest BCUT2D eigenvalue weighted by Crippen LogP contribution is -2.53. The van der Waals surface area contributed by atoms with E-state index < -0.39 is 11.5 Å². The van der Waals surface area contributed by atoms with Crippen LogP contribution in [0.5, 0.6) is 5.75 Å². The van der Waals surface area contributed by atoms with Crippen LogP contribution in [0, 0.1) is 5.82 Å². The van der Waals surface area contributed by atoms with Crippen LogP contribution >= 0.6 is 0 Å². The van der Waals surface area contributed by atoms with Crippen LogP contribution < -0.4 is 10.1 Å². The lowest BCUT2D eigenvalue weighted by molar-refractivity contribution is 0.0854. The predicted molar refractivity (Wildman–Crippen MR) is 48.6 cm³/mol. The highest BCUT2D eigenvalue weighted by Crippen LogP contribution is 2.36. The van der Waals surface area contributed by atoms with E-state index in [0.717, 1.165) is 0 Å². The van der Waals surface area contributed by atoms with E-state index in [2.05, 4.69) is 5.32 Å². The first-order chi connectivity index (χ1) is 6.65. The van der Waals surface area contributed by atoms with E-state index in [4.69, 9.17) is 4.74 Å². The maximum Gasteiger partial charge on any atom is 0.164 e. The Morgan fingerprint density at radius 2 is 2.14 bits per heavy atom. The Labute approximate surface area is 80.9 Å². The Hall–Kier alpha value is -1.16. The summed E-state index contributed by atoms with van der Waals surface area (Å²) in [4.78, 5) is 0. The SMILES string of the molecule is COc1ccc(F)cc1C1(F)CNC1. The van der Waals surface area contributed by atoms with Crippen LogP contribution in [0.25, 0.3) is 0 Å². The number of methoxy groups -OCH3 is 1. The molecule has 0 unspecified atom stereocenters. The van der Waals surface area contributed by atoms with Crippen molar-refractivity contribution >= 4 is 0 Å². The van der Waals surface area contributed by atoms with Gasteiger partial charge in [0.15, 0.2) is 5.67 Å². The van der Waals surface area contributed by atoms with E-state index in [1.54, 1.807) is 0 Å². The van der Waals surface area contributed by atoms with Gasteiger partial charge in [-0.1, -0.05) is 0 Å². The third-order valence-electron chi connectivity index (χ3n) is 2.45. The van der Waals surface area contributed by atoms with Gasteiger partial charge in [0.25, 0.3) is 0 Å². The van der Waals surface area contributed by atoms with Gasteiger partial charge in [-0.15, -0.1) is 0 Å². The van der Waals surface area contributed by atoms with Gasteiger partial charge < -0.3 is 10.1 Å². The molecule has 14 heavy (non-hydrogen) atoms. The molecule has 0 aliphatic carbocycles. The number of halogens is 2. The average molecular weight is 199 g/mol. The molecule has 1 aromatic carbocycles. The van der Waals surface area contributed by atoms with Crippen LogP contribution in [0.15, 0.2) is 18.2 Å². The van der Waals surface area contributed by atoms with E-state index in [-0.39, 0.29) is 13.1 Å². The van der Waals surface area contributed by atoms with Gasteiger partial charge in [-0.05, 0) is 18.2 Å². The minimum absolute atomic E-state index is 0.215. The third-order valence-corrected chi connectivity index (χ3v) is 2.45. The first-order valence-corrected chi connectivity index (χ1v) is 4.39. The van der Waals surface area contributed by atoms with Crippen molar-refractivity contribution < 1.29 is 13.5 Å². The summed E-state index contributed by atoms with van der Waals surface area (Å²) in [6.45, 7) is 0.430. The summed E-state index contributed by atoms with van der Waals surface area (Å²) < 4.78 is 31.9. The van der Waals surface area contributed by atoms with E-state index in [9.17, 15) is 8.78 Å². The van der Waals surface area contributed by atoms with Gasteiger partial charge in [-0.2, -0.15) is 0 Å². The zero-order valence-electron chi connectivity index (χ0n) is 7.81. The first kappa shape index (κ1) is 9.40. The summed E-state index contributed by atoms with van der Waals surface area (Å²) in [6.07, 6.45) is 0. The molecule has 1 fully saturated rings. The molecule has 1 aliphatic heterocycles. The number of rotatable bonds is 2. The normalized spacial score (nSPS) is 18.8. The molecule has 0 spiro atoms.